The molecule has 2 amide bonds. The quantitative estimate of drug-likeness (QED) is 0.221. The van der Waals surface area contributed by atoms with Gasteiger partial charge < -0.3 is 4.90 Å². The Balaban J connectivity index is 1.21. The van der Waals surface area contributed by atoms with E-state index in [9.17, 15) is 19.7 Å². The Hall–Kier alpha value is -5.11. The van der Waals surface area contributed by atoms with Crippen LogP contribution in [0, 0.1) is 10.1 Å². The lowest BCUT2D eigenvalue weighted by atomic mass is 10.1. The van der Waals surface area contributed by atoms with Crippen LogP contribution in [-0.2, 0) is 6.54 Å². The average molecular weight is 476 g/mol. The first-order valence-electron chi connectivity index (χ1n) is 11.2. The number of hydrazone groups is 1. The molecule has 0 spiro atoms. The summed E-state index contributed by atoms with van der Waals surface area (Å²) in [5.74, 6) is -0.432. The van der Waals surface area contributed by atoms with E-state index < -0.39 is 10.8 Å². The third-order valence-electron chi connectivity index (χ3n) is 5.94. The fraction of sp³-hybridized carbons (Fsp3) is 0.0357. The zero-order valence-electron chi connectivity index (χ0n) is 19.0. The number of hydrogen-bond donors (Lipinski definition) is 1. The number of amides is 2. The number of benzene rings is 4. The normalized spacial score (nSPS) is 12.7. The first-order valence-corrected chi connectivity index (χ1v) is 11.2. The molecule has 0 saturated carbocycles. The maximum absolute atomic E-state index is 13.0. The Morgan fingerprint density at radius 1 is 0.972 bits per heavy atom. The summed E-state index contributed by atoms with van der Waals surface area (Å²) < 4.78 is 0. The molecule has 0 aliphatic carbocycles. The Morgan fingerprint density at radius 3 is 2.50 bits per heavy atom. The lowest BCUT2D eigenvalue weighted by Gasteiger charge is -2.18. The summed E-state index contributed by atoms with van der Waals surface area (Å²) in [5.41, 5.74) is 5.75. The number of carbonyl (C=O) groups excluding carboxylic acids is 2. The summed E-state index contributed by atoms with van der Waals surface area (Å²) in [5, 5.41) is 16.9. The first kappa shape index (κ1) is 22.7. The Bertz CT molecular complexity index is 1550. The van der Waals surface area contributed by atoms with E-state index in [-0.39, 0.29) is 11.6 Å². The monoisotopic (exact) mass is 476 g/mol. The minimum absolute atomic E-state index is 0.0116. The Morgan fingerprint density at radius 2 is 1.72 bits per heavy atom. The highest BCUT2D eigenvalue weighted by molar-refractivity contribution is 6.24. The van der Waals surface area contributed by atoms with Gasteiger partial charge in [-0.05, 0) is 53.4 Å². The summed E-state index contributed by atoms with van der Waals surface area (Å²) >= 11 is 0. The molecule has 5 rings (SSSR count). The summed E-state index contributed by atoms with van der Waals surface area (Å²) in [6.07, 6.45) is 4.40. The molecule has 176 valence electrons. The SMILES string of the molecule is O=C(NN=CC=Cc1ccccc1[N+](=O)[O-])c1ccc(CN2C(=O)c3cccc4cccc2c34)cc1. The van der Waals surface area contributed by atoms with Gasteiger partial charge in [-0.25, -0.2) is 5.43 Å². The van der Waals surface area contributed by atoms with Crippen molar-refractivity contribution in [3.05, 3.63) is 123 Å². The number of carbonyl (C=O) groups is 2. The van der Waals surface area contributed by atoms with E-state index in [0.29, 0.717) is 23.2 Å². The van der Waals surface area contributed by atoms with E-state index in [2.05, 4.69) is 10.5 Å². The van der Waals surface area contributed by atoms with Crippen molar-refractivity contribution in [3.8, 4) is 0 Å². The molecule has 4 aromatic rings. The average Bonchev–Trinajstić information content (AvgIpc) is 3.17. The van der Waals surface area contributed by atoms with Crippen LogP contribution >= 0.6 is 0 Å². The molecule has 0 bridgehead atoms. The van der Waals surface area contributed by atoms with Crippen LogP contribution in [0.4, 0.5) is 11.4 Å². The van der Waals surface area contributed by atoms with Gasteiger partial charge in [0.1, 0.15) is 0 Å². The first-order chi connectivity index (χ1) is 17.5. The van der Waals surface area contributed by atoms with E-state index in [1.807, 2.05) is 48.5 Å². The molecule has 36 heavy (non-hydrogen) atoms. The van der Waals surface area contributed by atoms with Crippen molar-refractivity contribution in [2.24, 2.45) is 5.10 Å². The molecule has 0 atom stereocenters. The second kappa shape index (κ2) is 9.63. The third-order valence-corrected chi connectivity index (χ3v) is 5.94. The minimum atomic E-state index is -0.457. The zero-order valence-corrected chi connectivity index (χ0v) is 19.0. The fourth-order valence-corrected chi connectivity index (χ4v) is 4.23. The second-order valence-corrected chi connectivity index (χ2v) is 8.16. The van der Waals surface area contributed by atoms with Crippen molar-refractivity contribution in [3.63, 3.8) is 0 Å². The van der Waals surface area contributed by atoms with E-state index >= 15 is 0 Å². The molecule has 8 heteroatoms. The van der Waals surface area contributed by atoms with E-state index in [0.717, 1.165) is 22.0 Å². The topological polar surface area (TPSA) is 105 Å². The molecule has 8 nitrogen and oxygen atoms in total. The van der Waals surface area contributed by atoms with Crippen molar-refractivity contribution < 1.29 is 14.5 Å². The molecule has 0 aromatic heterocycles. The maximum atomic E-state index is 13.0. The van der Waals surface area contributed by atoms with Crippen LogP contribution in [0.2, 0.25) is 0 Å². The van der Waals surface area contributed by atoms with Crippen LogP contribution in [-0.4, -0.2) is 23.0 Å². The van der Waals surface area contributed by atoms with Crippen molar-refractivity contribution in [2.75, 3.05) is 4.90 Å². The summed E-state index contributed by atoms with van der Waals surface area (Å²) in [6.45, 7) is 0.392. The van der Waals surface area contributed by atoms with Gasteiger partial charge in [0, 0.05) is 28.8 Å². The molecule has 1 aliphatic rings. The number of hydrogen-bond acceptors (Lipinski definition) is 5. The molecular formula is C28H20N4O4. The Kier molecular flexibility index (Phi) is 6.07. The van der Waals surface area contributed by atoms with Gasteiger partial charge in [0.25, 0.3) is 17.5 Å². The number of nitro benzene ring substituents is 1. The number of anilines is 1. The van der Waals surface area contributed by atoms with Crippen molar-refractivity contribution in [1.29, 1.82) is 0 Å². The van der Waals surface area contributed by atoms with Crippen LogP contribution in [0.5, 0.6) is 0 Å². The van der Waals surface area contributed by atoms with Crippen LogP contribution in [0.1, 0.15) is 31.8 Å². The van der Waals surface area contributed by atoms with Crippen molar-refractivity contribution in [2.45, 2.75) is 6.54 Å². The van der Waals surface area contributed by atoms with Gasteiger partial charge in [-0.15, -0.1) is 0 Å². The number of allylic oxidation sites excluding steroid dienone is 1. The zero-order chi connectivity index (χ0) is 25.1. The predicted molar refractivity (Wildman–Crippen MR) is 139 cm³/mol. The number of nitrogens with one attached hydrogen (secondary N) is 1. The lowest BCUT2D eigenvalue weighted by molar-refractivity contribution is -0.385. The highest BCUT2D eigenvalue weighted by Crippen LogP contribution is 2.37. The largest absolute Gasteiger partial charge is 0.303 e. The van der Waals surface area contributed by atoms with E-state index in [1.165, 1.54) is 18.4 Å². The number of nitrogens with zero attached hydrogens (tertiary/aromatic N) is 3. The molecule has 1 heterocycles. The summed E-state index contributed by atoms with van der Waals surface area (Å²) in [6, 6.07) is 24.9. The number of para-hydroxylation sites is 1. The van der Waals surface area contributed by atoms with E-state index in [4.69, 9.17) is 0 Å². The standard InChI is InChI=1S/C28H20N4O4/c33-27(30-29-17-5-9-20-6-1-2-11-24(20)32(35)36)22-15-13-19(14-16-22)18-31-25-12-4-8-21-7-3-10-23(26(21)25)28(31)34/h1-17H,18H2,(H,30,33). The molecule has 1 aliphatic heterocycles. The van der Waals surface area contributed by atoms with Gasteiger partial charge in [0.2, 0.25) is 0 Å². The van der Waals surface area contributed by atoms with Gasteiger partial charge in [-0.3, -0.25) is 19.7 Å². The van der Waals surface area contributed by atoms with Crippen molar-refractivity contribution >= 4 is 46.3 Å². The smallest absolute Gasteiger partial charge is 0.276 e. The predicted octanol–water partition coefficient (Wildman–Crippen LogP) is 5.34. The molecule has 1 N–H and O–H groups in total. The highest BCUT2D eigenvalue weighted by Gasteiger charge is 2.29. The van der Waals surface area contributed by atoms with Gasteiger partial charge >= 0.3 is 0 Å². The van der Waals surface area contributed by atoms with Gasteiger partial charge in [0.05, 0.1) is 22.7 Å². The molecule has 4 aromatic carbocycles. The minimum Gasteiger partial charge on any atom is -0.303 e. The summed E-state index contributed by atoms with van der Waals surface area (Å²) in [7, 11) is 0. The van der Waals surface area contributed by atoms with Gasteiger partial charge in [-0.1, -0.05) is 48.5 Å². The molecule has 0 saturated heterocycles. The number of nitro groups is 1. The molecule has 0 fully saturated rings. The molecule has 0 unspecified atom stereocenters. The summed E-state index contributed by atoms with van der Waals surface area (Å²) in [4.78, 5) is 37.7. The van der Waals surface area contributed by atoms with Crippen LogP contribution < -0.4 is 10.3 Å². The van der Waals surface area contributed by atoms with E-state index in [1.54, 1.807) is 41.3 Å². The fourth-order valence-electron chi connectivity index (χ4n) is 4.23. The van der Waals surface area contributed by atoms with Gasteiger partial charge in [-0.2, -0.15) is 5.10 Å². The number of rotatable bonds is 7. The second-order valence-electron chi connectivity index (χ2n) is 8.16. The van der Waals surface area contributed by atoms with Crippen LogP contribution in [0.15, 0.2) is 96.1 Å². The lowest BCUT2D eigenvalue weighted by Crippen LogP contribution is -2.26. The van der Waals surface area contributed by atoms with Crippen molar-refractivity contribution in [1.82, 2.24) is 5.43 Å². The highest BCUT2D eigenvalue weighted by atomic mass is 16.6. The third kappa shape index (κ3) is 4.35. The molecular weight excluding hydrogens is 456 g/mol. The Labute approximate surface area is 206 Å². The van der Waals surface area contributed by atoms with Crippen LogP contribution in [0.25, 0.3) is 16.8 Å². The van der Waals surface area contributed by atoms with Crippen LogP contribution in [0.3, 0.4) is 0 Å². The van der Waals surface area contributed by atoms with Gasteiger partial charge in [0.15, 0.2) is 0 Å². The molecule has 0 radical (unpaired) electrons. The maximum Gasteiger partial charge on any atom is 0.276 e.